The number of hydrogen-bond acceptors (Lipinski definition) is 2. The summed E-state index contributed by atoms with van der Waals surface area (Å²) in [7, 11) is 1.87. The minimum atomic E-state index is -0.477. The van der Waals surface area contributed by atoms with Crippen LogP contribution in [0.4, 0.5) is 5.69 Å². The average Bonchev–Trinajstić information content (AvgIpc) is 2.48. The zero-order valence-electron chi connectivity index (χ0n) is 11.2. The number of halogens is 2. The second-order valence-corrected chi connectivity index (χ2v) is 5.49. The summed E-state index contributed by atoms with van der Waals surface area (Å²) < 4.78 is 0. The number of aliphatic hydroxyl groups excluding tert-OH is 1. The smallest absolute Gasteiger partial charge is 0.0793 e. The van der Waals surface area contributed by atoms with Crippen molar-refractivity contribution in [3.05, 3.63) is 63.6 Å². The molecule has 2 nitrogen and oxygen atoms in total. The Hall–Kier alpha value is -1.22. The molecule has 2 aromatic carbocycles. The molecule has 4 heteroatoms. The molecule has 106 valence electrons. The highest BCUT2D eigenvalue weighted by Gasteiger charge is 2.08. The zero-order chi connectivity index (χ0) is 14.5. The topological polar surface area (TPSA) is 32.3 Å². The molecular formula is C16H17Cl2NO. The van der Waals surface area contributed by atoms with Gasteiger partial charge >= 0.3 is 0 Å². The molecule has 0 radical (unpaired) electrons. The molecular weight excluding hydrogens is 293 g/mol. The van der Waals surface area contributed by atoms with Gasteiger partial charge in [-0.3, -0.25) is 0 Å². The van der Waals surface area contributed by atoms with Gasteiger partial charge in [-0.25, -0.2) is 0 Å². The lowest BCUT2D eigenvalue weighted by Crippen LogP contribution is -2.00. The lowest BCUT2D eigenvalue weighted by atomic mass is 10.0. The van der Waals surface area contributed by atoms with Crippen molar-refractivity contribution in [1.82, 2.24) is 0 Å². The van der Waals surface area contributed by atoms with Crippen LogP contribution in [0.1, 0.15) is 23.7 Å². The highest BCUT2D eigenvalue weighted by atomic mass is 35.5. The summed E-state index contributed by atoms with van der Waals surface area (Å²) >= 11 is 11.9. The molecule has 0 heterocycles. The summed E-state index contributed by atoms with van der Waals surface area (Å²) in [6.07, 6.45) is 0.929. The fraction of sp³-hybridized carbons (Fsp3) is 0.250. The molecule has 2 N–H and O–H groups in total. The molecule has 0 aliphatic rings. The first-order valence-corrected chi connectivity index (χ1v) is 7.25. The first-order chi connectivity index (χ1) is 9.60. The van der Waals surface area contributed by atoms with E-state index in [0.717, 1.165) is 23.2 Å². The van der Waals surface area contributed by atoms with E-state index in [9.17, 15) is 5.11 Å². The second-order valence-electron chi connectivity index (χ2n) is 4.67. The van der Waals surface area contributed by atoms with Gasteiger partial charge in [-0.15, -0.1) is 0 Å². The summed E-state index contributed by atoms with van der Waals surface area (Å²) in [5.74, 6) is 0. The van der Waals surface area contributed by atoms with Gasteiger partial charge in [0.2, 0.25) is 0 Å². The molecule has 0 spiro atoms. The Balaban J connectivity index is 1.96. The third-order valence-corrected chi connectivity index (χ3v) is 4.01. The molecule has 0 saturated heterocycles. The van der Waals surface area contributed by atoms with Gasteiger partial charge in [0.05, 0.1) is 16.1 Å². The first kappa shape index (κ1) is 15.2. The van der Waals surface area contributed by atoms with Crippen LogP contribution in [0.2, 0.25) is 10.0 Å². The molecule has 0 bridgehead atoms. The fourth-order valence-electron chi connectivity index (χ4n) is 2.04. The van der Waals surface area contributed by atoms with Crippen molar-refractivity contribution >= 4 is 28.9 Å². The Labute approximate surface area is 129 Å². The Morgan fingerprint density at radius 1 is 1.05 bits per heavy atom. The molecule has 1 unspecified atom stereocenters. The number of aliphatic hydroxyl groups is 1. The van der Waals surface area contributed by atoms with Crippen molar-refractivity contribution in [2.45, 2.75) is 18.9 Å². The van der Waals surface area contributed by atoms with Gasteiger partial charge in [0, 0.05) is 12.7 Å². The van der Waals surface area contributed by atoms with Crippen molar-refractivity contribution < 1.29 is 5.11 Å². The molecule has 0 amide bonds. The summed E-state index contributed by atoms with van der Waals surface area (Å²) in [4.78, 5) is 0. The van der Waals surface area contributed by atoms with Crippen LogP contribution in [0, 0.1) is 0 Å². The highest BCUT2D eigenvalue weighted by Crippen LogP contribution is 2.25. The highest BCUT2D eigenvalue weighted by molar-refractivity contribution is 6.42. The quantitative estimate of drug-likeness (QED) is 0.839. The minimum absolute atomic E-state index is 0.477. The maximum Gasteiger partial charge on any atom is 0.0793 e. The van der Waals surface area contributed by atoms with Gasteiger partial charge in [0.15, 0.2) is 0 Å². The van der Waals surface area contributed by atoms with Crippen LogP contribution in [0.3, 0.4) is 0 Å². The van der Waals surface area contributed by atoms with Crippen LogP contribution >= 0.6 is 23.2 Å². The lowest BCUT2D eigenvalue weighted by Gasteiger charge is -2.12. The number of nitrogens with one attached hydrogen (secondary N) is 1. The third kappa shape index (κ3) is 3.89. The molecule has 0 aliphatic carbocycles. The molecule has 1 atom stereocenters. The molecule has 20 heavy (non-hydrogen) atoms. The third-order valence-electron chi connectivity index (χ3n) is 3.27. The second kappa shape index (κ2) is 6.98. The van der Waals surface area contributed by atoms with Crippen LogP contribution in [0.25, 0.3) is 0 Å². The van der Waals surface area contributed by atoms with E-state index in [1.807, 2.05) is 43.4 Å². The van der Waals surface area contributed by atoms with Crippen molar-refractivity contribution in [2.75, 3.05) is 12.4 Å². The maximum atomic E-state index is 10.2. The average molecular weight is 310 g/mol. The van der Waals surface area contributed by atoms with Gasteiger partial charge in [0.1, 0.15) is 0 Å². The fourth-order valence-corrected chi connectivity index (χ4v) is 2.36. The normalized spacial score (nSPS) is 12.2. The Kier molecular flexibility index (Phi) is 5.30. The van der Waals surface area contributed by atoms with Crippen molar-refractivity contribution in [3.8, 4) is 0 Å². The molecule has 0 aliphatic heterocycles. The lowest BCUT2D eigenvalue weighted by molar-refractivity contribution is 0.168. The molecule has 2 rings (SSSR count). The number of anilines is 1. The number of aryl methyl sites for hydroxylation is 1. The van der Waals surface area contributed by atoms with E-state index < -0.39 is 6.10 Å². The number of benzene rings is 2. The Morgan fingerprint density at radius 2 is 1.75 bits per heavy atom. The summed E-state index contributed by atoms with van der Waals surface area (Å²) in [5.41, 5.74) is 3.03. The van der Waals surface area contributed by atoms with Gasteiger partial charge in [-0.2, -0.15) is 0 Å². The summed E-state index contributed by atoms with van der Waals surface area (Å²) in [5, 5.41) is 14.4. The van der Waals surface area contributed by atoms with Crippen LogP contribution in [0.15, 0.2) is 42.5 Å². The summed E-state index contributed by atoms with van der Waals surface area (Å²) in [6.45, 7) is 0. The minimum Gasteiger partial charge on any atom is -0.388 e. The van der Waals surface area contributed by atoms with Crippen molar-refractivity contribution in [1.29, 1.82) is 0 Å². The number of rotatable bonds is 5. The van der Waals surface area contributed by atoms with E-state index >= 15 is 0 Å². The molecule has 0 fully saturated rings. The predicted molar refractivity (Wildman–Crippen MR) is 85.7 cm³/mol. The van der Waals surface area contributed by atoms with Gasteiger partial charge < -0.3 is 10.4 Å². The van der Waals surface area contributed by atoms with Crippen LogP contribution in [-0.2, 0) is 6.42 Å². The zero-order valence-corrected chi connectivity index (χ0v) is 12.7. The van der Waals surface area contributed by atoms with Gasteiger partial charge in [-0.05, 0) is 48.2 Å². The van der Waals surface area contributed by atoms with Gasteiger partial charge in [-0.1, -0.05) is 41.4 Å². The Bertz CT molecular complexity index is 569. The van der Waals surface area contributed by atoms with Crippen molar-refractivity contribution in [3.63, 3.8) is 0 Å². The van der Waals surface area contributed by atoms with E-state index in [2.05, 4.69) is 5.32 Å². The largest absolute Gasteiger partial charge is 0.388 e. The monoisotopic (exact) mass is 309 g/mol. The molecule has 2 aromatic rings. The van der Waals surface area contributed by atoms with E-state index in [1.54, 1.807) is 6.07 Å². The Morgan fingerprint density at radius 3 is 2.35 bits per heavy atom. The molecule has 0 aromatic heterocycles. The SMILES string of the molecule is CNc1ccc(C(O)CCc2ccc(Cl)c(Cl)c2)cc1. The van der Waals surface area contributed by atoms with E-state index in [1.165, 1.54) is 0 Å². The standard InChI is InChI=1S/C16H17Cl2NO/c1-19-13-6-4-12(5-7-13)16(20)9-3-11-2-8-14(17)15(18)10-11/h2,4-8,10,16,19-20H,3,9H2,1H3. The van der Waals surface area contributed by atoms with Crippen molar-refractivity contribution in [2.24, 2.45) is 0 Å². The van der Waals surface area contributed by atoms with E-state index in [-0.39, 0.29) is 0 Å². The maximum absolute atomic E-state index is 10.2. The van der Waals surface area contributed by atoms with Crippen LogP contribution in [0.5, 0.6) is 0 Å². The van der Waals surface area contributed by atoms with E-state index in [4.69, 9.17) is 23.2 Å². The van der Waals surface area contributed by atoms with Crippen LogP contribution in [-0.4, -0.2) is 12.2 Å². The predicted octanol–water partition coefficient (Wildman–Crippen LogP) is 4.70. The molecule has 0 saturated carbocycles. The summed E-state index contributed by atoms with van der Waals surface area (Å²) in [6, 6.07) is 13.4. The van der Waals surface area contributed by atoms with Crippen LogP contribution < -0.4 is 5.32 Å². The van der Waals surface area contributed by atoms with Gasteiger partial charge in [0.25, 0.3) is 0 Å². The van der Waals surface area contributed by atoms with E-state index in [0.29, 0.717) is 16.5 Å². The first-order valence-electron chi connectivity index (χ1n) is 6.50. The number of hydrogen-bond donors (Lipinski definition) is 2.